The zero-order chi connectivity index (χ0) is 27.3. The third-order valence-electron chi connectivity index (χ3n) is 5.94. The number of nitrogens with zero attached hydrogens (tertiary/aromatic N) is 3. The number of hydrogen-bond donors (Lipinski definition) is 3. The monoisotopic (exact) mass is 539 g/mol. The Morgan fingerprint density at radius 1 is 1.22 bits per heavy atom. The minimum absolute atomic E-state index is 0.131. The van der Waals surface area contributed by atoms with Gasteiger partial charge in [0.2, 0.25) is 0 Å². The van der Waals surface area contributed by atoms with Gasteiger partial charge in [-0.2, -0.15) is 0 Å². The fourth-order valence-electron chi connectivity index (χ4n) is 4.07. The Balaban J connectivity index is 1.74. The molecule has 2 aromatic heterocycles. The molecule has 10 nitrogen and oxygen atoms in total. The maximum Gasteiger partial charge on any atom is 0.275 e. The summed E-state index contributed by atoms with van der Waals surface area (Å²) in [7, 11) is 2.89. The molecule has 1 aromatic carbocycles. The number of aromatic nitrogens is 2. The van der Waals surface area contributed by atoms with Gasteiger partial charge in [0.15, 0.2) is 11.4 Å². The number of amides is 1. The quantitative estimate of drug-likeness (QED) is 0.306. The van der Waals surface area contributed by atoms with Gasteiger partial charge in [0.25, 0.3) is 22.7 Å². The van der Waals surface area contributed by atoms with Gasteiger partial charge in [-0.1, -0.05) is 11.6 Å². The number of halogens is 4. The van der Waals surface area contributed by atoms with Crippen molar-refractivity contribution in [3.05, 3.63) is 67.2 Å². The molecule has 1 amide bonds. The van der Waals surface area contributed by atoms with Crippen molar-refractivity contribution in [2.45, 2.75) is 30.9 Å². The molecule has 0 unspecified atom stereocenters. The molecule has 0 saturated carbocycles. The number of alkyl halides is 2. The zero-order valence-electron chi connectivity index (χ0n) is 19.7. The Kier molecular flexibility index (Phi) is 6.63. The smallest absolute Gasteiger partial charge is 0.275 e. The predicted molar refractivity (Wildman–Crippen MR) is 128 cm³/mol. The lowest BCUT2D eigenvalue weighted by atomic mass is 9.88. The first-order valence-corrected chi connectivity index (χ1v) is 11.2. The van der Waals surface area contributed by atoms with Gasteiger partial charge in [-0.15, -0.1) is 0 Å². The molecule has 3 N–H and O–H groups in total. The number of carbonyl (C=O) groups excluding carboxylic acids is 1. The average molecular weight is 540 g/mol. The number of aromatic hydroxyl groups is 1. The molecular weight excluding hydrogens is 519 g/mol. The van der Waals surface area contributed by atoms with Crippen molar-refractivity contribution >= 4 is 34.6 Å². The minimum Gasteiger partial charge on any atom is -0.504 e. The van der Waals surface area contributed by atoms with E-state index in [0.29, 0.717) is 0 Å². The lowest BCUT2D eigenvalue weighted by Crippen LogP contribution is -2.44. The van der Waals surface area contributed by atoms with Crippen LogP contribution in [0.15, 0.2) is 34.0 Å². The highest BCUT2D eigenvalue weighted by atomic mass is 35.5. The second-order valence-electron chi connectivity index (χ2n) is 9.00. The van der Waals surface area contributed by atoms with Crippen molar-refractivity contribution in [3.63, 3.8) is 0 Å². The van der Waals surface area contributed by atoms with Gasteiger partial charge in [0.05, 0.1) is 11.3 Å². The number of ether oxygens (including phenoxy) is 1. The van der Waals surface area contributed by atoms with E-state index < -0.39 is 64.6 Å². The summed E-state index contributed by atoms with van der Waals surface area (Å²) in [5.74, 6) is -5.37. The lowest BCUT2D eigenvalue weighted by Gasteiger charge is -2.34. The largest absolute Gasteiger partial charge is 0.504 e. The zero-order valence-corrected chi connectivity index (χ0v) is 20.5. The van der Waals surface area contributed by atoms with E-state index in [1.54, 1.807) is 0 Å². The molecular formula is C23H21ClF3N5O5. The van der Waals surface area contributed by atoms with E-state index in [9.17, 15) is 32.7 Å². The van der Waals surface area contributed by atoms with Crippen LogP contribution in [0.25, 0.3) is 0 Å². The molecule has 1 saturated heterocycles. The maximum atomic E-state index is 14.8. The Morgan fingerprint density at radius 2 is 1.89 bits per heavy atom. The number of rotatable bonds is 7. The minimum atomic E-state index is -3.24. The van der Waals surface area contributed by atoms with Crippen LogP contribution in [-0.4, -0.2) is 58.1 Å². The second kappa shape index (κ2) is 9.30. The third-order valence-corrected chi connectivity index (χ3v) is 6.15. The molecule has 0 spiro atoms. The summed E-state index contributed by atoms with van der Waals surface area (Å²) in [6, 6.07) is 1.92. The van der Waals surface area contributed by atoms with Crippen LogP contribution >= 0.6 is 11.6 Å². The standard InChI is InChI=1S/C23H21ClF3N5O5/c1-22(8-23(26,27)9-37-22)20(13-10(25)4-5-12(24)30-13)31-15-14(18(34)19(15)35)29-11-6-7-28-16(17(11)33)21(36)32(2)3/h4-7,20,31,33H,8-9H2,1-3H3,(H,28,29)/t20-,22-/m0/s1. The molecule has 0 bridgehead atoms. The van der Waals surface area contributed by atoms with E-state index in [-0.39, 0.29) is 27.9 Å². The second-order valence-corrected chi connectivity index (χ2v) is 9.39. The number of nitrogens with one attached hydrogen (secondary N) is 2. The summed E-state index contributed by atoms with van der Waals surface area (Å²) in [6.07, 6.45) is 0.353. The summed E-state index contributed by atoms with van der Waals surface area (Å²) in [4.78, 5) is 46.1. The van der Waals surface area contributed by atoms with E-state index >= 15 is 0 Å². The van der Waals surface area contributed by atoms with Gasteiger partial charge in [-0.05, 0) is 25.1 Å². The van der Waals surface area contributed by atoms with Gasteiger partial charge >= 0.3 is 0 Å². The summed E-state index contributed by atoms with van der Waals surface area (Å²) >= 11 is 5.92. The highest BCUT2D eigenvalue weighted by Gasteiger charge is 2.54. The first kappa shape index (κ1) is 26.4. The lowest BCUT2D eigenvalue weighted by molar-refractivity contribution is -0.0250. The molecule has 4 rings (SSSR count). The van der Waals surface area contributed by atoms with E-state index in [1.807, 2.05) is 0 Å². The van der Waals surface area contributed by atoms with Crippen LogP contribution in [0.3, 0.4) is 0 Å². The molecule has 37 heavy (non-hydrogen) atoms. The Hall–Kier alpha value is -3.71. The van der Waals surface area contributed by atoms with Crippen LogP contribution in [0.4, 0.5) is 30.2 Å². The summed E-state index contributed by atoms with van der Waals surface area (Å²) in [6.45, 7) is 0.342. The van der Waals surface area contributed by atoms with Crippen molar-refractivity contribution in [2.75, 3.05) is 31.3 Å². The van der Waals surface area contributed by atoms with Crippen LogP contribution in [0.1, 0.15) is 35.6 Å². The number of pyridine rings is 2. The normalized spacial score (nSPS) is 19.5. The topological polar surface area (TPSA) is 134 Å². The Bertz CT molecular complexity index is 1460. The van der Waals surface area contributed by atoms with Gasteiger partial charge in [0.1, 0.15) is 40.7 Å². The molecule has 1 fully saturated rings. The molecule has 1 aliphatic rings. The molecule has 2 atom stereocenters. The predicted octanol–water partition coefficient (Wildman–Crippen LogP) is 2.98. The van der Waals surface area contributed by atoms with Gasteiger partial charge in [0, 0.05) is 26.7 Å². The molecule has 3 heterocycles. The van der Waals surface area contributed by atoms with Crippen LogP contribution in [0.2, 0.25) is 5.15 Å². The summed E-state index contributed by atoms with van der Waals surface area (Å²) in [5.41, 5.74) is -5.37. The van der Waals surface area contributed by atoms with Crippen molar-refractivity contribution < 1.29 is 27.8 Å². The number of hydrogen-bond acceptors (Lipinski definition) is 9. The van der Waals surface area contributed by atoms with Crippen LogP contribution in [0.5, 0.6) is 5.75 Å². The molecule has 3 aromatic rings. The van der Waals surface area contributed by atoms with E-state index in [2.05, 4.69) is 20.6 Å². The molecule has 0 aliphatic carbocycles. The fraction of sp³-hybridized carbons (Fsp3) is 0.348. The molecule has 1 aliphatic heterocycles. The maximum absolute atomic E-state index is 14.8. The molecule has 0 radical (unpaired) electrons. The highest BCUT2D eigenvalue weighted by molar-refractivity contribution is 6.29. The number of carbonyl (C=O) groups is 1. The van der Waals surface area contributed by atoms with E-state index in [0.717, 1.165) is 12.1 Å². The van der Waals surface area contributed by atoms with Crippen molar-refractivity contribution in [3.8, 4) is 5.75 Å². The average Bonchev–Trinajstić information content (AvgIpc) is 3.13. The molecule has 196 valence electrons. The first-order chi connectivity index (χ1) is 17.2. The fourth-order valence-corrected chi connectivity index (χ4v) is 4.22. The Morgan fingerprint density at radius 3 is 2.51 bits per heavy atom. The van der Waals surface area contributed by atoms with Gasteiger partial charge in [-0.3, -0.25) is 14.4 Å². The van der Waals surface area contributed by atoms with Crippen molar-refractivity contribution in [2.24, 2.45) is 0 Å². The van der Waals surface area contributed by atoms with Gasteiger partial charge < -0.3 is 25.4 Å². The Labute approximate surface area is 212 Å². The van der Waals surface area contributed by atoms with Crippen molar-refractivity contribution in [1.29, 1.82) is 0 Å². The third kappa shape index (κ3) is 4.83. The highest BCUT2D eigenvalue weighted by Crippen LogP contribution is 2.46. The van der Waals surface area contributed by atoms with E-state index in [4.69, 9.17) is 16.3 Å². The van der Waals surface area contributed by atoms with Crippen LogP contribution in [0, 0.1) is 5.82 Å². The van der Waals surface area contributed by atoms with Crippen LogP contribution < -0.4 is 21.5 Å². The summed E-state index contributed by atoms with van der Waals surface area (Å²) < 4.78 is 48.4. The van der Waals surface area contributed by atoms with E-state index in [1.165, 1.54) is 38.2 Å². The number of anilines is 3. The summed E-state index contributed by atoms with van der Waals surface area (Å²) in [5, 5.41) is 15.6. The van der Waals surface area contributed by atoms with Crippen molar-refractivity contribution in [1.82, 2.24) is 14.9 Å². The van der Waals surface area contributed by atoms with Gasteiger partial charge in [-0.25, -0.2) is 23.1 Å². The SMILES string of the molecule is CN(C)C(=O)c1nccc(Nc2c(N[C@@H](c3nc(Cl)ccc3F)[C@]3(C)CC(F)(F)CO3)c(=O)c2=O)c1O. The van der Waals surface area contributed by atoms with Crippen LogP contribution in [-0.2, 0) is 4.74 Å². The first-order valence-electron chi connectivity index (χ1n) is 10.8. The molecule has 14 heteroatoms.